The highest BCUT2D eigenvalue weighted by molar-refractivity contribution is 5.98. The largest absolute Gasteiger partial charge is 0.455 e. The third-order valence-electron chi connectivity index (χ3n) is 14.0. The molecule has 11 atom stereocenters. The summed E-state index contributed by atoms with van der Waals surface area (Å²) in [6.45, 7) is 14.0. The molecule has 8 N–H and O–H groups in total. The van der Waals surface area contributed by atoms with Gasteiger partial charge >= 0.3 is 24.2 Å². The smallest absolute Gasteiger partial charge is 0.408 e. The van der Waals surface area contributed by atoms with Crippen LogP contribution in [0.5, 0.6) is 0 Å². The summed E-state index contributed by atoms with van der Waals surface area (Å²) in [5.41, 5.74) is 8.44. The van der Waals surface area contributed by atoms with Gasteiger partial charge < -0.3 is 56.4 Å². The number of carbonyl (C=O) groups is 6. The highest BCUT2D eigenvalue weighted by Crippen LogP contribution is 2.52. The Morgan fingerprint density at radius 1 is 0.960 bits per heavy atom. The third kappa shape index (κ3) is 20.2. The molecule has 0 bridgehead atoms. The van der Waals surface area contributed by atoms with Crippen molar-refractivity contribution < 1.29 is 52.8 Å². The standard InChI is InChI=1S/C58H80N6O11/c1-8-16-50-40(7)49(65)33-51(74-50)47(21-13-17-37(4)31-39(6)32-38(5)24-29-43-18-14-23-52(66)73-43)64-58(71)72-35-41-25-27-42(28-26-41)62-54(67)48(22-15-30-60-56(59)69)63-55(68)53(36(2)3)75-57(70)61-34-46-44-19-11-9-10-12-20-45(44)46/h8,13-14,16-17,21,23-29,32,36,39-40,43-51,53,65H,11-12,15,18-20,22,30-31,33-35H2,1-7H3,(H,61,70)(H,62,67)(H,63,68)(H,64,71)(H3,59,60,69)/b16-8+,21-13+,29-24+,37-17+,38-32-/t39-,40+,43-,44?,45?,46?,47-,48+,49-,50+,51+,53+/m1/s1. The van der Waals surface area contributed by atoms with Crippen LogP contribution in [0.25, 0.3) is 0 Å². The lowest BCUT2D eigenvalue weighted by Gasteiger charge is -2.39. The van der Waals surface area contributed by atoms with Gasteiger partial charge in [0.25, 0.3) is 5.91 Å². The number of alkyl carbamates (subject to hydrolysis) is 2. The zero-order valence-electron chi connectivity index (χ0n) is 44.7. The second kappa shape index (κ2) is 30.0. The minimum atomic E-state index is -1.18. The Morgan fingerprint density at radius 3 is 2.35 bits per heavy atom. The second-order valence-electron chi connectivity index (χ2n) is 20.6. The first-order valence-corrected chi connectivity index (χ1v) is 26.5. The number of urea groups is 1. The minimum absolute atomic E-state index is 0.1000. The van der Waals surface area contributed by atoms with Crippen LogP contribution in [0.2, 0.25) is 0 Å². The Morgan fingerprint density at radius 2 is 1.68 bits per heavy atom. The van der Waals surface area contributed by atoms with Crippen molar-refractivity contribution >= 4 is 41.7 Å². The van der Waals surface area contributed by atoms with Crippen molar-refractivity contribution in [2.45, 2.75) is 155 Å². The molecule has 2 aliphatic heterocycles. The highest BCUT2D eigenvalue weighted by atomic mass is 16.6. The molecule has 1 saturated heterocycles. The maximum atomic E-state index is 13.7. The zero-order valence-corrected chi connectivity index (χ0v) is 44.7. The molecule has 6 amide bonds. The average Bonchev–Trinajstić information content (AvgIpc) is 4.01. The number of ether oxygens (including phenoxy) is 4. The topological polar surface area (TPSA) is 246 Å². The Balaban J connectivity index is 1.16. The first-order chi connectivity index (χ1) is 35.9. The molecule has 4 aliphatic rings. The van der Waals surface area contributed by atoms with Gasteiger partial charge in [0.15, 0.2) is 6.10 Å². The molecule has 75 heavy (non-hydrogen) atoms. The first-order valence-electron chi connectivity index (χ1n) is 26.5. The SMILES string of the molecule is C/C=C/[C@@H]1O[C@H]([C@@H](/C=C/C=C(\C)C[C@@H](C)/C=C(C)\C=C\[C@H]2CC=CC(=O)O2)NC(=O)OCc2ccc(NC(=O)[C@H](CCCNC(N)=O)NC(=O)[C@@H](OC(=O)NCC3C4CCC#CCCC43)C(C)C)cc2)C[C@@H](O)[C@@H]1C. The van der Waals surface area contributed by atoms with Crippen LogP contribution in [0.4, 0.5) is 20.1 Å². The maximum absolute atomic E-state index is 13.7. The van der Waals surface area contributed by atoms with Crippen LogP contribution in [0, 0.1) is 47.3 Å². The van der Waals surface area contributed by atoms with E-state index in [1.54, 1.807) is 38.1 Å². The van der Waals surface area contributed by atoms with Crippen LogP contribution < -0.4 is 32.3 Å². The molecule has 2 heterocycles. The Labute approximate surface area is 443 Å². The molecule has 0 radical (unpaired) electrons. The van der Waals surface area contributed by atoms with Crippen LogP contribution in [0.15, 0.2) is 96.2 Å². The quantitative estimate of drug-likeness (QED) is 0.0131. The van der Waals surface area contributed by atoms with Gasteiger partial charge in [0, 0.05) is 56.5 Å². The Bertz CT molecular complexity index is 2350. The molecule has 17 nitrogen and oxygen atoms in total. The molecule has 0 spiro atoms. The van der Waals surface area contributed by atoms with Gasteiger partial charge in [-0.1, -0.05) is 99.6 Å². The highest BCUT2D eigenvalue weighted by Gasteiger charge is 2.48. The number of esters is 1. The van der Waals surface area contributed by atoms with Crippen LogP contribution >= 0.6 is 0 Å². The van der Waals surface area contributed by atoms with E-state index < -0.39 is 66.3 Å². The molecule has 1 saturated carbocycles. The number of rotatable bonds is 24. The van der Waals surface area contributed by atoms with Crippen LogP contribution in [0.1, 0.15) is 112 Å². The van der Waals surface area contributed by atoms with Crippen LogP contribution in [-0.2, 0) is 39.9 Å². The molecular formula is C58H80N6O11. The lowest BCUT2D eigenvalue weighted by atomic mass is 9.87. The summed E-state index contributed by atoms with van der Waals surface area (Å²) in [5.74, 6) is 5.93. The first kappa shape index (κ1) is 59.2. The van der Waals surface area contributed by atoms with E-state index >= 15 is 0 Å². The number of nitrogens with two attached hydrogens (primary N) is 1. The zero-order chi connectivity index (χ0) is 54.4. The van der Waals surface area contributed by atoms with E-state index in [1.165, 1.54) is 6.08 Å². The number of benzene rings is 1. The number of hydrogen-bond donors (Lipinski definition) is 7. The molecule has 2 fully saturated rings. The fraction of sp³-hybridized carbons (Fsp3) is 0.552. The van der Waals surface area contributed by atoms with Gasteiger partial charge in [-0.15, -0.1) is 11.8 Å². The van der Waals surface area contributed by atoms with E-state index in [-0.39, 0.29) is 49.6 Å². The van der Waals surface area contributed by atoms with Crippen molar-refractivity contribution in [3.8, 4) is 11.8 Å². The Kier molecular flexibility index (Phi) is 23.7. The normalized spacial score (nSPS) is 25.3. The fourth-order valence-electron chi connectivity index (χ4n) is 9.82. The van der Waals surface area contributed by atoms with E-state index in [2.05, 4.69) is 51.4 Å². The summed E-state index contributed by atoms with van der Waals surface area (Å²) in [6, 6.07) is 4.22. The summed E-state index contributed by atoms with van der Waals surface area (Å²) in [4.78, 5) is 76.7. The molecule has 0 aromatic heterocycles. The number of aliphatic hydroxyl groups is 1. The molecule has 2 aliphatic carbocycles. The predicted molar refractivity (Wildman–Crippen MR) is 287 cm³/mol. The Hall–Kier alpha value is -6.64. The van der Waals surface area contributed by atoms with Gasteiger partial charge in [-0.05, 0) is 106 Å². The molecule has 408 valence electrons. The number of nitrogens with one attached hydrogen (secondary N) is 5. The molecular weight excluding hydrogens is 957 g/mol. The van der Waals surface area contributed by atoms with Crippen LogP contribution in [0.3, 0.4) is 0 Å². The lowest BCUT2D eigenvalue weighted by Crippen LogP contribution is -2.51. The number of aliphatic hydroxyl groups excluding tert-OH is 1. The number of anilines is 1. The van der Waals surface area contributed by atoms with Gasteiger partial charge in [0.2, 0.25) is 5.91 Å². The summed E-state index contributed by atoms with van der Waals surface area (Å²) in [5, 5.41) is 24.9. The van der Waals surface area contributed by atoms with E-state index in [0.29, 0.717) is 54.8 Å². The number of allylic oxidation sites excluding steroid dienone is 7. The number of primary amides is 1. The van der Waals surface area contributed by atoms with Gasteiger partial charge in [-0.2, -0.15) is 0 Å². The number of cyclic esters (lactones) is 1. The lowest BCUT2D eigenvalue weighted by molar-refractivity contribution is -0.141. The van der Waals surface area contributed by atoms with Crippen molar-refractivity contribution in [1.82, 2.24) is 21.3 Å². The summed E-state index contributed by atoms with van der Waals surface area (Å²) in [7, 11) is 0. The third-order valence-corrected chi connectivity index (χ3v) is 14.0. The van der Waals surface area contributed by atoms with Crippen LogP contribution in [-0.4, -0.2) is 96.8 Å². The molecule has 1 aromatic carbocycles. The summed E-state index contributed by atoms with van der Waals surface area (Å²) < 4.78 is 23.1. The summed E-state index contributed by atoms with van der Waals surface area (Å²) >= 11 is 0. The van der Waals surface area contributed by atoms with Crippen molar-refractivity contribution in [3.05, 3.63) is 102 Å². The molecule has 5 rings (SSSR count). The minimum Gasteiger partial charge on any atom is -0.455 e. The maximum Gasteiger partial charge on any atom is 0.408 e. The van der Waals surface area contributed by atoms with Crippen molar-refractivity contribution in [2.24, 2.45) is 41.2 Å². The second-order valence-corrected chi connectivity index (χ2v) is 20.6. The fourth-order valence-corrected chi connectivity index (χ4v) is 9.82. The van der Waals surface area contributed by atoms with Gasteiger partial charge in [0.1, 0.15) is 18.8 Å². The summed E-state index contributed by atoms with van der Waals surface area (Å²) in [6.07, 6.45) is 20.2. The number of carbonyl (C=O) groups excluding carboxylic acids is 6. The average molecular weight is 1040 g/mol. The molecule has 17 heteroatoms. The molecule has 2 unspecified atom stereocenters. The number of hydrogen-bond acceptors (Lipinski definition) is 11. The monoisotopic (exact) mass is 1040 g/mol. The predicted octanol–water partition coefficient (Wildman–Crippen LogP) is 7.98. The van der Waals surface area contributed by atoms with E-state index in [1.807, 2.05) is 76.3 Å². The van der Waals surface area contributed by atoms with E-state index in [4.69, 9.17) is 24.7 Å². The number of amides is 6. The van der Waals surface area contributed by atoms with Gasteiger partial charge in [-0.25, -0.2) is 19.2 Å². The van der Waals surface area contributed by atoms with Gasteiger partial charge in [-0.3, -0.25) is 9.59 Å². The molecule has 1 aromatic rings. The number of fused-ring (bicyclic) bond motifs is 1. The van der Waals surface area contributed by atoms with E-state index in [9.17, 15) is 33.9 Å². The van der Waals surface area contributed by atoms with Crippen molar-refractivity contribution in [2.75, 3.05) is 18.4 Å². The van der Waals surface area contributed by atoms with E-state index in [0.717, 1.165) is 43.3 Å². The van der Waals surface area contributed by atoms with Gasteiger partial charge in [0.05, 0.1) is 24.4 Å². The van der Waals surface area contributed by atoms with Crippen molar-refractivity contribution in [1.29, 1.82) is 0 Å². The van der Waals surface area contributed by atoms with Crippen molar-refractivity contribution in [3.63, 3.8) is 0 Å².